The number of benzene rings is 1. The van der Waals surface area contributed by atoms with E-state index in [1.807, 2.05) is 24.3 Å². The zero-order chi connectivity index (χ0) is 17.2. The number of para-hydroxylation sites is 1. The quantitative estimate of drug-likeness (QED) is 0.787. The fraction of sp³-hybridized carbons (Fsp3) is 0.619. The lowest BCUT2D eigenvalue weighted by Gasteiger charge is -2.38. The lowest BCUT2D eigenvalue weighted by Crippen LogP contribution is -2.47. The van der Waals surface area contributed by atoms with Crippen molar-refractivity contribution in [3.8, 4) is 5.75 Å². The van der Waals surface area contributed by atoms with Gasteiger partial charge >= 0.3 is 0 Å². The zero-order valence-corrected chi connectivity index (χ0v) is 14.7. The van der Waals surface area contributed by atoms with E-state index in [4.69, 9.17) is 4.74 Å². The molecule has 4 heteroatoms. The fourth-order valence-electron chi connectivity index (χ4n) is 5.72. The molecule has 2 aliphatic carbocycles. The van der Waals surface area contributed by atoms with Gasteiger partial charge in [0.05, 0.1) is 12.0 Å². The Hall–Kier alpha value is -1.84. The highest BCUT2D eigenvalue weighted by atomic mass is 16.5. The van der Waals surface area contributed by atoms with Crippen LogP contribution in [-0.2, 0) is 4.79 Å². The van der Waals surface area contributed by atoms with Crippen molar-refractivity contribution in [2.45, 2.75) is 57.1 Å². The van der Waals surface area contributed by atoms with Gasteiger partial charge in [-0.3, -0.25) is 9.59 Å². The standard InChI is InChI=1S/C21H25NO3/c1-13-6-4-5-11-22(13)20(24)18-15-9-10-21(19(15)18)12-16(23)14-7-2-3-8-17(14)25-21/h2-3,7-8,13,15,18-19H,4-6,9-12H2,1H3/t13-,15-,18-,19+,21-/m1/s1. The van der Waals surface area contributed by atoms with Crippen molar-refractivity contribution in [1.82, 2.24) is 4.90 Å². The number of hydrogen-bond donors (Lipinski definition) is 0. The van der Waals surface area contributed by atoms with Crippen LogP contribution >= 0.6 is 0 Å². The molecule has 132 valence electrons. The average molecular weight is 339 g/mol. The van der Waals surface area contributed by atoms with E-state index >= 15 is 0 Å². The highest BCUT2D eigenvalue weighted by Crippen LogP contribution is 2.66. The predicted molar refractivity (Wildman–Crippen MR) is 93.5 cm³/mol. The molecule has 0 N–H and O–H groups in total. The van der Waals surface area contributed by atoms with Crippen LogP contribution in [0, 0.1) is 17.8 Å². The van der Waals surface area contributed by atoms with Crippen LogP contribution in [0.2, 0.25) is 0 Å². The van der Waals surface area contributed by atoms with Gasteiger partial charge in [0.2, 0.25) is 5.91 Å². The predicted octanol–water partition coefficient (Wildman–Crippen LogP) is 3.45. The zero-order valence-electron chi connectivity index (χ0n) is 14.7. The lowest BCUT2D eigenvalue weighted by molar-refractivity contribution is -0.137. The summed E-state index contributed by atoms with van der Waals surface area (Å²) in [6, 6.07) is 7.90. The molecule has 1 aromatic rings. The SMILES string of the molecule is C[C@@H]1CCCCN1C(=O)[C@@H]1[C@H]2CC[C@@]3(CC(=O)c4ccccc4O3)[C@@H]21. The summed E-state index contributed by atoms with van der Waals surface area (Å²) in [5, 5.41) is 0. The molecule has 1 saturated heterocycles. The highest BCUT2D eigenvalue weighted by molar-refractivity contribution is 6.00. The Bertz CT molecular complexity index is 744. The summed E-state index contributed by atoms with van der Waals surface area (Å²) in [6.45, 7) is 3.06. The minimum atomic E-state index is -0.435. The molecule has 0 unspecified atom stereocenters. The molecule has 4 nitrogen and oxygen atoms in total. The number of ketones is 1. The molecule has 2 heterocycles. The van der Waals surface area contributed by atoms with Gasteiger partial charge in [-0.2, -0.15) is 0 Å². The lowest BCUT2D eigenvalue weighted by atomic mass is 9.84. The van der Waals surface area contributed by atoms with Crippen LogP contribution in [0.15, 0.2) is 24.3 Å². The number of carbonyl (C=O) groups excluding carboxylic acids is 2. The van der Waals surface area contributed by atoms with Gasteiger partial charge in [0.15, 0.2) is 5.78 Å². The summed E-state index contributed by atoms with van der Waals surface area (Å²) in [4.78, 5) is 27.9. The smallest absolute Gasteiger partial charge is 0.226 e. The van der Waals surface area contributed by atoms with E-state index < -0.39 is 5.60 Å². The number of Topliss-reactive ketones (excluding diaryl/α,β-unsaturated/α-hetero) is 1. The molecule has 1 amide bonds. The van der Waals surface area contributed by atoms with Crippen LogP contribution in [-0.4, -0.2) is 34.8 Å². The maximum atomic E-state index is 13.1. The summed E-state index contributed by atoms with van der Waals surface area (Å²) >= 11 is 0. The molecule has 0 radical (unpaired) electrons. The van der Waals surface area contributed by atoms with Crippen LogP contribution in [0.5, 0.6) is 5.75 Å². The molecule has 2 aliphatic heterocycles. The second-order valence-electron chi connectivity index (χ2n) is 8.39. The topological polar surface area (TPSA) is 46.6 Å². The van der Waals surface area contributed by atoms with Crippen molar-refractivity contribution in [3.63, 3.8) is 0 Å². The number of likely N-dealkylation sites (tertiary alicyclic amines) is 1. The third kappa shape index (κ3) is 2.19. The molecule has 1 aromatic carbocycles. The molecule has 4 aliphatic rings. The van der Waals surface area contributed by atoms with Gasteiger partial charge in [-0.25, -0.2) is 0 Å². The molecule has 5 atom stereocenters. The molecule has 0 aromatic heterocycles. The minimum absolute atomic E-state index is 0.0763. The highest BCUT2D eigenvalue weighted by Gasteiger charge is 2.71. The largest absolute Gasteiger partial charge is 0.486 e. The number of hydrogen-bond acceptors (Lipinski definition) is 3. The van der Waals surface area contributed by atoms with Crippen molar-refractivity contribution in [2.24, 2.45) is 17.8 Å². The first kappa shape index (κ1) is 15.4. The number of amides is 1. The molecule has 3 fully saturated rings. The van der Waals surface area contributed by atoms with Crippen LogP contribution in [0.4, 0.5) is 0 Å². The molecule has 25 heavy (non-hydrogen) atoms. The van der Waals surface area contributed by atoms with E-state index in [2.05, 4.69) is 11.8 Å². The Morgan fingerprint density at radius 3 is 2.92 bits per heavy atom. The summed E-state index contributed by atoms with van der Waals surface area (Å²) < 4.78 is 6.41. The van der Waals surface area contributed by atoms with Gasteiger partial charge < -0.3 is 9.64 Å². The van der Waals surface area contributed by atoms with Crippen molar-refractivity contribution in [3.05, 3.63) is 29.8 Å². The average Bonchev–Trinajstić information content (AvgIpc) is 3.26. The Kier molecular flexibility index (Phi) is 3.28. The van der Waals surface area contributed by atoms with Crippen molar-refractivity contribution >= 4 is 11.7 Å². The minimum Gasteiger partial charge on any atom is -0.486 e. The van der Waals surface area contributed by atoms with E-state index in [-0.39, 0.29) is 17.6 Å². The van der Waals surface area contributed by atoms with E-state index in [0.29, 0.717) is 35.6 Å². The number of nitrogens with zero attached hydrogens (tertiary/aromatic N) is 1. The number of ether oxygens (including phenoxy) is 1. The van der Waals surface area contributed by atoms with Crippen LogP contribution in [0.3, 0.4) is 0 Å². The normalized spacial score (nSPS) is 38.9. The first-order valence-corrected chi connectivity index (χ1v) is 9.72. The summed E-state index contributed by atoms with van der Waals surface area (Å²) in [7, 11) is 0. The van der Waals surface area contributed by atoms with Gasteiger partial charge in [-0.15, -0.1) is 0 Å². The summed E-state index contributed by atoms with van der Waals surface area (Å²) in [5.41, 5.74) is 0.264. The van der Waals surface area contributed by atoms with Gasteiger partial charge in [-0.05, 0) is 57.1 Å². The fourth-order valence-corrected chi connectivity index (χ4v) is 5.72. The van der Waals surface area contributed by atoms with Gasteiger partial charge in [-0.1, -0.05) is 12.1 Å². The first-order valence-electron chi connectivity index (χ1n) is 9.72. The second-order valence-corrected chi connectivity index (χ2v) is 8.39. The Morgan fingerprint density at radius 2 is 2.08 bits per heavy atom. The van der Waals surface area contributed by atoms with E-state index in [9.17, 15) is 9.59 Å². The third-order valence-electron chi connectivity index (χ3n) is 7.01. The Labute approximate surface area is 148 Å². The summed E-state index contributed by atoms with van der Waals surface area (Å²) in [6.07, 6.45) is 5.80. The maximum absolute atomic E-state index is 13.1. The molecule has 5 rings (SSSR count). The number of piperidine rings is 1. The number of carbonyl (C=O) groups is 2. The van der Waals surface area contributed by atoms with Crippen molar-refractivity contribution in [2.75, 3.05) is 6.54 Å². The number of rotatable bonds is 1. The third-order valence-corrected chi connectivity index (χ3v) is 7.01. The van der Waals surface area contributed by atoms with Crippen LogP contribution in [0.25, 0.3) is 0 Å². The van der Waals surface area contributed by atoms with Crippen molar-refractivity contribution in [1.29, 1.82) is 0 Å². The van der Waals surface area contributed by atoms with E-state index in [1.54, 1.807) is 0 Å². The Balaban J connectivity index is 1.40. The number of fused-ring (bicyclic) bond motifs is 3. The summed E-state index contributed by atoms with van der Waals surface area (Å²) in [5.74, 6) is 1.92. The molecule has 1 spiro atoms. The molecular weight excluding hydrogens is 314 g/mol. The van der Waals surface area contributed by atoms with Crippen molar-refractivity contribution < 1.29 is 14.3 Å². The monoisotopic (exact) mass is 339 g/mol. The molecule has 0 bridgehead atoms. The van der Waals surface area contributed by atoms with Gasteiger partial charge in [0, 0.05) is 24.4 Å². The van der Waals surface area contributed by atoms with Gasteiger partial charge in [0.1, 0.15) is 11.4 Å². The van der Waals surface area contributed by atoms with E-state index in [0.717, 1.165) is 32.2 Å². The molecule has 2 saturated carbocycles. The first-order chi connectivity index (χ1) is 12.1. The molecular formula is C21H25NO3. The van der Waals surface area contributed by atoms with Crippen LogP contribution in [0.1, 0.15) is 55.8 Å². The maximum Gasteiger partial charge on any atom is 0.226 e. The van der Waals surface area contributed by atoms with Gasteiger partial charge in [0.25, 0.3) is 0 Å². The second kappa shape index (κ2) is 5.33. The Morgan fingerprint density at radius 1 is 1.24 bits per heavy atom. The van der Waals surface area contributed by atoms with Crippen LogP contribution < -0.4 is 4.74 Å². The van der Waals surface area contributed by atoms with E-state index in [1.165, 1.54) is 6.42 Å².